The molecule has 0 unspecified atom stereocenters. The van der Waals surface area contributed by atoms with Gasteiger partial charge in [0, 0.05) is 0 Å². The summed E-state index contributed by atoms with van der Waals surface area (Å²) in [6.45, 7) is 1.43. The van der Waals surface area contributed by atoms with Crippen molar-refractivity contribution in [1.82, 2.24) is 0 Å². The predicted octanol–water partition coefficient (Wildman–Crippen LogP) is 0.664. The molecule has 1 rings (SSSR count). The smallest absolute Gasteiger partial charge is 0.323 e. The third kappa shape index (κ3) is 7.99. The number of carboxylic acid groups (broad SMARTS) is 4. The van der Waals surface area contributed by atoms with E-state index in [1.807, 2.05) is 13.8 Å². The molecule has 10 nitrogen and oxygen atoms in total. The number of nitrogens with zero attached hydrogens (tertiary/aromatic N) is 2. The molecule has 1 aromatic carbocycles. The first kappa shape index (κ1) is 22.7. The molecule has 0 amide bonds. The van der Waals surface area contributed by atoms with Crippen molar-refractivity contribution in [2.45, 2.75) is 13.8 Å². The fourth-order valence-electron chi connectivity index (χ4n) is 2.10. The zero-order chi connectivity index (χ0) is 20.3. The Morgan fingerprint density at radius 1 is 0.654 bits per heavy atom. The zero-order valence-corrected chi connectivity index (χ0v) is 14.5. The number of anilines is 2. The van der Waals surface area contributed by atoms with E-state index in [0.29, 0.717) is 0 Å². The van der Waals surface area contributed by atoms with Gasteiger partial charge < -0.3 is 30.2 Å². The van der Waals surface area contributed by atoms with Crippen LogP contribution in [0.25, 0.3) is 0 Å². The number of aliphatic carboxylic acids is 4. The highest BCUT2D eigenvalue weighted by Crippen LogP contribution is 2.29. The first-order valence-electron chi connectivity index (χ1n) is 7.66. The lowest BCUT2D eigenvalue weighted by molar-refractivity contribution is -0.138. The molecule has 0 saturated carbocycles. The van der Waals surface area contributed by atoms with E-state index in [2.05, 4.69) is 0 Å². The fourth-order valence-corrected chi connectivity index (χ4v) is 2.10. The molecule has 0 heterocycles. The Labute approximate surface area is 149 Å². The van der Waals surface area contributed by atoms with Crippen LogP contribution < -0.4 is 9.80 Å². The largest absolute Gasteiger partial charge is 0.480 e. The van der Waals surface area contributed by atoms with Crippen LogP contribution in [0, 0.1) is 0 Å². The maximum absolute atomic E-state index is 11.0. The summed E-state index contributed by atoms with van der Waals surface area (Å²) in [4.78, 5) is 45.9. The minimum absolute atomic E-state index is 0.116. The molecule has 26 heavy (non-hydrogen) atoms. The molecule has 0 aromatic heterocycles. The second-order valence-electron chi connectivity index (χ2n) is 4.78. The summed E-state index contributed by atoms with van der Waals surface area (Å²) in [6.07, 6.45) is 0. The Morgan fingerprint density at radius 3 is 1.08 bits per heavy atom. The van der Waals surface area contributed by atoms with Crippen molar-refractivity contribution in [3.05, 3.63) is 24.3 Å². The lowest BCUT2D eigenvalue weighted by atomic mass is 10.2. The van der Waals surface area contributed by atoms with E-state index in [0.717, 1.165) is 9.80 Å². The second kappa shape index (κ2) is 11.3. The van der Waals surface area contributed by atoms with Gasteiger partial charge in [0.05, 0.1) is 11.4 Å². The lowest BCUT2D eigenvalue weighted by Crippen LogP contribution is -2.38. The number of hydrogen-bond donors (Lipinski definition) is 4. The van der Waals surface area contributed by atoms with Crippen LogP contribution in [-0.2, 0) is 19.2 Å². The van der Waals surface area contributed by atoms with Crippen molar-refractivity contribution >= 4 is 35.3 Å². The average molecular weight is 370 g/mol. The van der Waals surface area contributed by atoms with Gasteiger partial charge in [-0.25, -0.2) is 0 Å². The summed E-state index contributed by atoms with van der Waals surface area (Å²) in [5, 5.41) is 35.8. The van der Waals surface area contributed by atoms with Crippen LogP contribution in [0.2, 0.25) is 0 Å². The third-order valence-corrected chi connectivity index (χ3v) is 2.87. The Morgan fingerprint density at radius 2 is 0.885 bits per heavy atom. The summed E-state index contributed by atoms with van der Waals surface area (Å²) in [5.41, 5.74) is 0.231. The SMILES string of the molecule is CC.O=C(O)CN(CC(=O)O)c1ccccc1N(CC(=O)O)CC(=O)O. The molecule has 144 valence electrons. The molecule has 0 bridgehead atoms. The maximum atomic E-state index is 11.0. The summed E-state index contributed by atoms with van der Waals surface area (Å²) >= 11 is 0. The van der Waals surface area contributed by atoms with Gasteiger partial charge in [-0.2, -0.15) is 0 Å². The number of carbonyl (C=O) groups is 4. The van der Waals surface area contributed by atoms with Crippen molar-refractivity contribution < 1.29 is 39.6 Å². The molecule has 4 N–H and O–H groups in total. The Balaban J connectivity index is 0.00000301. The standard InChI is InChI=1S/C14H16N2O8.C2H6/c17-11(18)5-15(6-12(19)20)9-3-1-2-4-10(9)16(7-13(21)22)8-14(23)24;1-2/h1-4H,5-8H2,(H,17,18)(H,19,20)(H,21,22)(H,23,24);1-2H3. The van der Waals surface area contributed by atoms with E-state index >= 15 is 0 Å². The van der Waals surface area contributed by atoms with Crippen molar-refractivity contribution in [3.8, 4) is 0 Å². The molecule has 0 aliphatic heterocycles. The molecule has 10 heteroatoms. The van der Waals surface area contributed by atoms with Gasteiger partial charge in [0.15, 0.2) is 0 Å². The number of rotatable bonds is 10. The molecule has 0 aliphatic rings. The fraction of sp³-hybridized carbons (Fsp3) is 0.375. The Bertz CT molecular complexity index is 560. The Kier molecular flexibility index (Phi) is 9.86. The first-order chi connectivity index (χ1) is 12.2. The minimum Gasteiger partial charge on any atom is -0.480 e. The zero-order valence-electron chi connectivity index (χ0n) is 14.5. The van der Waals surface area contributed by atoms with Crippen LogP contribution in [0.1, 0.15) is 13.8 Å². The van der Waals surface area contributed by atoms with Crippen LogP contribution in [0.5, 0.6) is 0 Å². The van der Waals surface area contributed by atoms with Crippen molar-refractivity contribution in [3.63, 3.8) is 0 Å². The average Bonchev–Trinajstić information content (AvgIpc) is 2.54. The summed E-state index contributed by atoms with van der Waals surface area (Å²) in [5.74, 6) is -5.13. The molecule has 0 atom stereocenters. The van der Waals surface area contributed by atoms with Gasteiger partial charge in [0.2, 0.25) is 0 Å². The topological polar surface area (TPSA) is 156 Å². The first-order valence-corrected chi connectivity index (χ1v) is 7.66. The van der Waals surface area contributed by atoms with Gasteiger partial charge in [0.25, 0.3) is 0 Å². The summed E-state index contributed by atoms with van der Waals surface area (Å²) in [6, 6.07) is 5.82. The van der Waals surface area contributed by atoms with E-state index in [1.54, 1.807) is 0 Å². The molecular formula is C16H22N2O8. The summed E-state index contributed by atoms with van der Waals surface area (Å²) in [7, 11) is 0. The molecule has 0 radical (unpaired) electrons. The van der Waals surface area contributed by atoms with Crippen LogP contribution in [0.3, 0.4) is 0 Å². The summed E-state index contributed by atoms with van der Waals surface area (Å²) < 4.78 is 0. The molecule has 0 spiro atoms. The molecule has 0 saturated heterocycles. The second-order valence-corrected chi connectivity index (χ2v) is 4.78. The highest BCUT2D eigenvalue weighted by atomic mass is 16.4. The minimum atomic E-state index is -1.28. The highest BCUT2D eigenvalue weighted by molar-refractivity contribution is 5.87. The normalized spacial score (nSPS) is 9.46. The molecule has 1 aromatic rings. The van der Waals surface area contributed by atoms with Crippen LogP contribution in [-0.4, -0.2) is 70.5 Å². The van der Waals surface area contributed by atoms with Crippen molar-refractivity contribution in [2.24, 2.45) is 0 Å². The third-order valence-electron chi connectivity index (χ3n) is 2.87. The van der Waals surface area contributed by atoms with Gasteiger partial charge >= 0.3 is 23.9 Å². The van der Waals surface area contributed by atoms with E-state index < -0.39 is 50.1 Å². The van der Waals surface area contributed by atoms with Gasteiger partial charge in [-0.05, 0) is 12.1 Å². The van der Waals surface area contributed by atoms with Crippen molar-refractivity contribution in [2.75, 3.05) is 36.0 Å². The van der Waals surface area contributed by atoms with Gasteiger partial charge in [-0.15, -0.1) is 0 Å². The van der Waals surface area contributed by atoms with E-state index in [1.165, 1.54) is 24.3 Å². The van der Waals surface area contributed by atoms with E-state index in [-0.39, 0.29) is 11.4 Å². The van der Waals surface area contributed by atoms with E-state index in [4.69, 9.17) is 20.4 Å². The monoisotopic (exact) mass is 370 g/mol. The Hall–Kier alpha value is -3.30. The highest BCUT2D eigenvalue weighted by Gasteiger charge is 2.22. The van der Waals surface area contributed by atoms with Gasteiger partial charge in [-0.1, -0.05) is 26.0 Å². The lowest BCUT2D eigenvalue weighted by Gasteiger charge is -2.29. The van der Waals surface area contributed by atoms with Crippen LogP contribution in [0.15, 0.2) is 24.3 Å². The molecule has 0 fully saturated rings. The van der Waals surface area contributed by atoms with Crippen LogP contribution >= 0.6 is 0 Å². The number of benzene rings is 1. The predicted molar refractivity (Wildman–Crippen MR) is 92.8 cm³/mol. The number of carboxylic acids is 4. The van der Waals surface area contributed by atoms with E-state index in [9.17, 15) is 19.2 Å². The quantitative estimate of drug-likeness (QED) is 0.461. The number of para-hydroxylation sites is 2. The molecular weight excluding hydrogens is 348 g/mol. The van der Waals surface area contributed by atoms with Crippen molar-refractivity contribution in [1.29, 1.82) is 0 Å². The number of hydrogen-bond acceptors (Lipinski definition) is 6. The molecule has 0 aliphatic carbocycles. The van der Waals surface area contributed by atoms with Gasteiger partial charge in [-0.3, -0.25) is 19.2 Å². The van der Waals surface area contributed by atoms with Gasteiger partial charge in [0.1, 0.15) is 26.2 Å². The van der Waals surface area contributed by atoms with Crippen LogP contribution in [0.4, 0.5) is 11.4 Å². The maximum Gasteiger partial charge on any atom is 0.323 e.